The second-order valence-corrected chi connectivity index (χ2v) is 6.75. The number of furan rings is 1. The van der Waals surface area contributed by atoms with E-state index in [1.165, 1.54) is 50.4 Å². The number of alkyl halides is 1. The fraction of sp³-hybridized carbons (Fsp3) is 0.250. The lowest BCUT2D eigenvalue weighted by Gasteiger charge is -2.22. The lowest BCUT2D eigenvalue weighted by atomic mass is 10.1. The zero-order valence-electron chi connectivity index (χ0n) is 16.0. The molecule has 8 nitrogen and oxygen atoms in total. The van der Waals surface area contributed by atoms with Crippen LogP contribution in [0.3, 0.4) is 0 Å². The third-order valence-corrected chi connectivity index (χ3v) is 4.45. The summed E-state index contributed by atoms with van der Waals surface area (Å²) in [5.41, 5.74) is -1.79. The molecule has 0 aliphatic carbocycles. The Morgan fingerprint density at radius 1 is 1.14 bits per heavy atom. The molecule has 29 heavy (non-hydrogen) atoms. The summed E-state index contributed by atoms with van der Waals surface area (Å²) >= 11 is 0. The number of carbonyl (C=O) groups excluding carboxylic acids is 1. The number of aromatic hydroxyl groups is 1. The normalized spacial score (nSPS) is 13.1. The van der Waals surface area contributed by atoms with Gasteiger partial charge in [-0.25, -0.2) is 4.39 Å². The second-order valence-electron chi connectivity index (χ2n) is 6.75. The van der Waals surface area contributed by atoms with Crippen LogP contribution in [-0.2, 0) is 0 Å². The minimum Gasteiger partial charge on any atom is -0.505 e. The maximum absolute atomic E-state index is 14.1. The van der Waals surface area contributed by atoms with Crippen LogP contribution >= 0.6 is 0 Å². The van der Waals surface area contributed by atoms with Crippen LogP contribution in [0.5, 0.6) is 5.75 Å². The van der Waals surface area contributed by atoms with Crippen LogP contribution in [0.2, 0.25) is 0 Å². The third kappa shape index (κ3) is 3.71. The molecule has 2 atom stereocenters. The Kier molecular flexibility index (Phi) is 5.40. The monoisotopic (exact) mass is 401 g/mol. The van der Waals surface area contributed by atoms with Crippen LogP contribution in [0.25, 0.3) is 0 Å². The minimum atomic E-state index is -1.42. The van der Waals surface area contributed by atoms with Gasteiger partial charge in [0.25, 0.3) is 16.8 Å². The van der Waals surface area contributed by atoms with Crippen molar-refractivity contribution in [1.29, 1.82) is 0 Å². The number of benzene rings is 1. The summed E-state index contributed by atoms with van der Waals surface area (Å²) < 4.78 is 19.3. The van der Waals surface area contributed by atoms with Crippen molar-refractivity contribution in [3.63, 3.8) is 0 Å². The highest BCUT2D eigenvalue weighted by Crippen LogP contribution is 2.33. The molecule has 0 bridgehead atoms. The van der Waals surface area contributed by atoms with Crippen molar-refractivity contribution in [3.05, 3.63) is 68.4 Å². The fourth-order valence-electron chi connectivity index (χ4n) is 2.88. The molecule has 0 aliphatic heterocycles. The average Bonchev–Trinajstić information content (AvgIpc) is 3.21. The number of phenols is 1. The molecule has 1 aromatic heterocycles. The maximum Gasteiger partial charge on any atom is 0.257 e. The fourth-order valence-corrected chi connectivity index (χ4v) is 2.88. The van der Waals surface area contributed by atoms with E-state index in [2.05, 4.69) is 10.6 Å². The molecule has 0 unspecified atom stereocenters. The molecule has 1 heterocycles. The van der Waals surface area contributed by atoms with Gasteiger partial charge in [0, 0.05) is 14.1 Å². The van der Waals surface area contributed by atoms with Crippen LogP contribution in [-0.4, -0.2) is 36.2 Å². The molecule has 0 saturated heterocycles. The Bertz CT molecular complexity index is 1100. The first-order valence-corrected chi connectivity index (χ1v) is 8.80. The SMILES string of the molecule is C[C@H](F)[C@@H](Nc1c(Nc2cccc(C(=O)N(C)C)c2O)c(=O)c1=O)c1ccco1. The molecular formula is C20H20FN3O5. The van der Waals surface area contributed by atoms with Crippen molar-refractivity contribution in [2.75, 3.05) is 24.7 Å². The topological polar surface area (TPSA) is 112 Å². The summed E-state index contributed by atoms with van der Waals surface area (Å²) in [5, 5.41) is 15.8. The van der Waals surface area contributed by atoms with Crippen molar-refractivity contribution in [2.45, 2.75) is 19.1 Å². The molecule has 9 heteroatoms. The first-order valence-electron chi connectivity index (χ1n) is 8.80. The van der Waals surface area contributed by atoms with E-state index in [1.807, 2.05) is 0 Å². The van der Waals surface area contributed by atoms with E-state index in [1.54, 1.807) is 12.1 Å². The average molecular weight is 401 g/mol. The molecule has 152 valence electrons. The zero-order valence-corrected chi connectivity index (χ0v) is 16.0. The van der Waals surface area contributed by atoms with Crippen molar-refractivity contribution in [2.24, 2.45) is 0 Å². The predicted molar refractivity (Wildman–Crippen MR) is 106 cm³/mol. The smallest absolute Gasteiger partial charge is 0.257 e. The number of halogens is 1. The number of anilines is 3. The molecule has 0 fully saturated rings. The number of phenolic OH excluding ortho intramolecular Hbond substituents is 1. The third-order valence-electron chi connectivity index (χ3n) is 4.45. The number of amides is 1. The molecule has 3 N–H and O–H groups in total. The first kappa shape index (κ1) is 20.1. The van der Waals surface area contributed by atoms with Gasteiger partial charge in [0.05, 0.1) is 17.5 Å². The van der Waals surface area contributed by atoms with E-state index in [-0.39, 0.29) is 34.1 Å². The van der Waals surface area contributed by atoms with E-state index in [0.717, 1.165) is 0 Å². The van der Waals surface area contributed by atoms with E-state index in [0.29, 0.717) is 0 Å². The van der Waals surface area contributed by atoms with Crippen LogP contribution in [0.4, 0.5) is 21.5 Å². The van der Waals surface area contributed by atoms with E-state index < -0.39 is 29.0 Å². The number of rotatable bonds is 7. The van der Waals surface area contributed by atoms with Gasteiger partial charge in [-0.2, -0.15) is 0 Å². The lowest BCUT2D eigenvalue weighted by Crippen LogP contribution is -2.38. The molecule has 0 spiro atoms. The largest absolute Gasteiger partial charge is 0.505 e. The molecule has 0 radical (unpaired) electrons. The van der Waals surface area contributed by atoms with Gasteiger partial charge in [0.15, 0.2) is 5.75 Å². The van der Waals surface area contributed by atoms with Gasteiger partial charge in [-0.3, -0.25) is 14.4 Å². The van der Waals surface area contributed by atoms with Crippen LogP contribution in [0, 0.1) is 0 Å². The second kappa shape index (κ2) is 7.78. The number of nitrogens with one attached hydrogen (secondary N) is 2. The van der Waals surface area contributed by atoms with Crippen LogP contribution in [0.1, 0.15) is 29.1 Å². The van der Waals surface area contributed by atoms with Crippen LogP contribution in [0.15, 0.2) is 50.6 Å². The summed E-state index contributed by atoms with van der Waals surface area (Å²) in [6.45, 7) is 1.29. The van der Waals surface area contributed by atoms with Gasteiger partial charge in [-0.1, -0.05) is 6.07 Å². The number of nitrogens with zero attached hydrogens (tertiary/aromatic N) is 1. The Balaban J connectivity index is 1.92. The molecule has 0 aliphatic rings. The highest BCUT2D eigenvalue weighted by Gasteiger charge is 2.29. The van der Waals surface area contributed by atoms with E-state index >= 15 is 0 Å². The molecule has 1 amide bonds. The van der Waals surface area contributed by atoms with E-state index in [4.69, 9.17) is 4.42 Å². The van der Waals surface area contributed by atoms with Gasteiger partial charge >= 0.3 is 0 Å². The Labute approximate surface area is 165 Å². The number of para-hydroxylation sites is 1. The maximum atomic E-state index is 14.1. The highest BCUT2D eigenvalue weighted by molar-refractivity contribution is 5.99. The number of hydrogen-bond donors (Lipinski definition) is 3. The summed E-state index contributed by atoms with van der Waals surface area (Å²) in [5.74, 6) is -0.536. The van der Waals surface area contributed by atoms with Gasteiger partial charge in [-0.15, -0.1) is 0 Å². The van der Waals surface area contributed by atoms with Crippen molar-refractivity contribution in [3.8, 4) is 5.75 Å². The summed E-state index contributed by atoms with van der Waals surface area (Å²) in [7, 11) is 3.07. The lowest BCUT2D eigenvalue weighted by molar-refractivity contribution is 0.0824. The number of carbonyl (C=O) groups is 1. The van der Waals surface area contributed by atoms with E-state index in [9.17, 15) is 23.9 Å². The van der Waals surface area contributed by atoms with Crippen LogP contribution < -0.4 is 21.5 Å². The Hall–Kier alpha value is -3.62. The van der Waals surface area contributed by atoms with Crippen molar-refractivity contribution in [1.82, 2.24) is 4.90 Å². The quantitative estimate of drug-likeness (QED) is 0.412. The molecule has 3 aromatic rings. The summed E-state index contributed by atoms with van der Waals surface area (Å²) in [6.07, 6.45) is -0.0493. The molecular weight excluding hydrogens is 381 g/mol. The summed E-state index contributed by atoms with van der Waals surface area (Å²) in [6, 6.07) is 6.55. The molecule has 2 aromatic carbocycles. The first-order chi connectivity index (χ1) is 13.7. The Morgan fingerprint density at radius 3 is 2.41 bits per heavy atom. The van der Waals surface area contributed by atoms with Gasteiger partial charge < -0.3 is 25.1 Å². The standard InChI is InChI=1S/C20H20FN3O5/c1-10(21)14(13-8-5-9-29-13)23-16-15(18(26)19(16)27)22-12-7-4-6-11(17(12)25)20(28)24(2)3/h4-10,14,22-23,25H,1-3H3/t10-,14+/m0/s1. The van der Waals surface area contributed by atoms with Gasteiger partial charge in [-0.05, 0) is 31.2 Å². The van der Waals surface area contributed by atoms with Gasteiger partial charge in [0.1, 0.15) is 29.3 Å². The highest BCUT2D eigenvalue weighted by atomic mass is 19.1. The van der Waals surface area contributed by atoms with Crippen molar-refractivity contribution < 1.29 is 18.7 Å². The van der Waals surface area contributed by atoms with Crippen molar-refractivity contribution >= 4 is 23.0 Å². The minimum absolute atomic E-state index is 0.0269. The summed E-state index contributed by atoms with van der Waals surface area (Å²) in [4.78, 5) is 37.6. The predicted octanol–water partition coefficient (Wildman–Crippen LogP) is 2.54. The number of hydrogen-bond acceptors (Lipinski definition) is 7. The van der Waals surface area contributed by atoms with Gasteiger partial charge in [0.2, 0.25) is 0 Å². The Morgan fingerprint density at radius 2 is 1.83 bits per heavy atom. The molecule has 0 saturated carbocycles. The molecule has 3 rings (SSSR count). The zero-order chi connectivity index (χ0) is 21.3.